The number of hydrogen-bond acceptors (Lipinski definition) is 3. The number of aliphatic carboxylic acids is 1. The summed E-state index contributed by atoms with van der Waals surface area (Å²) in [5.41, 5.74) is 6.14. The van der Waals surface area contributed by atoms with E-state index >= 15 is 0 Å². The van der Waals surface area contributed by atoms with Crippen LogP contribution in [-0.2, 0) is 4.79 Å². The Bertz CT molecular complexity index is 1030. The highest BCUT2D eigenvalue weighted by Gasteiger charge is 2.08. The van der Waals surface area contributed by atoms with Gasteiger partial charge in [0, 0.05) is 10.6 Å². The number of aryl methyl sites for hydroxylation is 2. The molecule has 0 aromatic heterocycles. The van der Waals surface area contributed by atoms with Gasteiger partial charge in [-0.25, -0.2) is 4.79 Å². The molecule has 0 aliphatic heterocycles. The summed E-state index contributed by atoms with van der Waals surface area (Å²) in [5, 5.41) is 8.77. The summed E-state index contributed by atoms with van der Waals surface area (Å²) < 4.78 is 6.21. The topological polar surface area (TPSA) is 46.5 Å². The van der Waals surface area contributed by atoms with Gasteiger partial charge in [0.15, 0.2) is 6.61 Å². The first kappa shape index (κ1) is 22.4. The minimum Gasteiger partial charge on any atom is -0.481 e. The molecular formula is C25H23IO3S. The molecule has 0 saturated heterocycles. The van der Waals surface area contributed by atoms with Gasteiger partial charge in [0.25, 0.3) is 0 Å². The minimum atomic E-state index is -0.978. The van der Waals surface area contributed by atoms with E-state index in [1.807, 2.05) is 18.2 Å². The highest BCUT2D eigenvalue weighted by atomic mass is 127. The minimum absolute atomic E-state index is 0.332. The molecule has 0 unspecified atom stereocenters. The first-order valence-corrected chi connectivity index (χ1v) is 11.6. The van der Waals surface area contributed by atoms with Crippen molar-refractivity contribution in [2.45, 2.75) is 18.7 Å². The smallest absolute Gasteiger partial charge is 0.341 e. The molecule has 3 aromatic carbocycles. The van der Waals surface area contributed by atoms with Crippen LogP contribution in [0.2, 0.25) is 0 Å². The summed E-state index contributed by atoms with van der Waals surface area (Å²) >= 11 is 3.92. The molecule has 154 valence electrons. The Morgan fingerprint density at radius 1 is 1.00 bits per heavy atom. The average molecular weight is 530 g/mol. The Kier molecular flexibility index (Phi) is 7.99. The molecule has 30 heavy (non-hydrogen) atoms. The number of hydrogen-bond donors (Lipinski definition) is 1. The number of carboxylic acid groups (broad SMARTS) is 1. The highest BCUT2D eigenvalue weighted by molar-refractivity contribution is 14.1. The quantitative estimate of drug-likeness (QED) is 0.264. The molecule has 3 aromatic rings. The van der Waals surface area contributed by atoms with Gasteiger partial charge in [-0.2, -0.15) is 0 Å². The van der Waals surface area contributed by atoms with E-state index in [1.54, 1.807) is 11.8 Å². The van der Waals surface area contributed by atoms with Crippen LogP contribution in [0.1, 0.15) is 22.3 Å². The molecule has 0 bridgehead atoms. The van der Waals surface area contributed by atoms with E-state index in [1.165, 1.54) is 27.8 Å². The van der Waals surface area contributed by atoms with Crippen LogP contribution in [0.25, 0.3) is 5.57 Å². The monoisotopic (exact) mass is 530 g/mol. The van der Waals surface area contributed by atoms with E-state index in [9.17, 15) is 4.79 Å². The maximum atomic E-state index is 10.7. The van der Waals surface area contributed by atoms with Gasteiger partial charge in [-0.1, -0.05) is 65.7 Å². The lowest BCUT2D eigenvalue weighted by atomic mass is 9.95. The predicted molar refractivity (Wildman–Crippen MR) is 132 cm³/mol. The Labute approximate surface area is 195 Å². The molecule has 0 amide bonds. The maximum absolute atomic E-state index is 10.7. The van der Waals surface area contributed by atoms with Crippen molar-refractivity contribution in [3.8, 4) is 5.75 Å². The van der Waals surface area contributed by atoms with Gasteiger partial charge < -0.3 is 9.84 Å². The van der Waals surface area contributed by atoms with Crippen LogP contribution in [-0.4, -0.2) is 23.4 Å². The van der Waals surface area contributed by atoms with Gasteiger partial charge in [0.2, 0.25) is 0 Å². The predicted octanol–water partition coefficient (Wildman–Crippen LogP) is 6.60. The highest BCUT2D eigenvalue weighted by Crippen LogP contribution is 2.30. The molecule has 3 rings (SSSR count). The van der Waals surface area contributed by atoms with Crippen LogP contribution in [0.15, 0.2) is 77.7 Å². The number of carbonyl (C=O) groups is 1. The second kappa shape index (κ2) is 10.7. The Morgan fingerprint density at radius 2 is 1.63 bits per heavy atom. The fourth-order valence-corrected chi connectivity index (χ4v) is 4.77. The van der Waals surface area contributed by atoms with Crippen molar-refractivity contribution in [2.75, 3.05) is 12.4 Å². The number of ether oxygens (including phenoxy) is 1. The number of halogens is 1. The molecule has 0 aliphatic rings. The zero-order chi connectivity index (χ0) is 21.5. The Balaban J connectivity index is 1.79. The Hall–Kier alpha value is -2.25. The summed E-state index contributed by atoms with van der Waals surface area (Å²) in [5.74, 6) is 0.440. The van der Waals surface area contributed by atoms with Crippen LogP contribution < -0.4 is 4.74 Å². The van der Waals surface area contributed by atoms with Crippen molar-refractivity contribution < 1.29 is 14.6 Å². The molecule has 1 N–H and O–H groups in total. The van der Waals surface area contributed by atoms with E-state index in [2.05, 4.69) is 91.0 Å². The number of benzene rings is 3. The lowest BCUT2D eigenvalue weighted by Gasteiger charge is -2.11. The molecule has 0 heterocycles. The van der Waals surface area contributed by atoms with E-state index in [0.29, 0.717) is 5.75 Å². The summed E-state index contributed by atoms with van der Waals surface area (Å²) in [6.45, 7) is 3.89. The van der Waals surface area contributed by atoms with Crippen LogP contribution in [0.5, 0.6) is 5.75 Å². The van der Waals surface area contributed by atoms with Crippen molar-refractivity contribution in [3.63, 3.8) is 0 Å². The van der Waals surface area contributed by atoms with E-state index in [-0.39, 0.29) is 6.61 Å². The van der Waals surface area contributed by atoms with E-state index < -0.39 is 5.97 Å². The summed E-state index contributed by atoms with van der Waals surface area (Å²) in [4.78, 5) is 11.8. The number of thioether (sulfide) groups is 1. The molecular weight excluding hydrogens is 507 g/mol. The third-order valence-corrected chi connectivity index (χ3v) is 6.21. The van der Waals surface area contributed by atoms with Crippen molar-refractivity contribution in [3.05, 3.63) is 98.6 Å². The largest absolute Gasteiger partial charge is 0.481 e. The normalized spacial score (nSPS) is 10.5. The summed E-state index contributed by atoms with van der Waals surface area (Å²) in [7, 11) is 0. The molecule has 3 nitrogen and oxygen atoms in total. The molecule has 0 aliphatic carbocycles. The van der Waals surface area contributed by atoms with Gasteiger partial charge in [0.05, 0.1) is 3.57 Å². The third kappa shape index (κ3) is 6.37. The fraction of sp³-hybridized carbons (Fsp3) is 0.160. The average Bonchev–Trinajstić information content (AvgIpc) is 2.70. The lowest BCUT2D eigenvalue weighted by molar-refractivity contribution is -0.139. The van der Waals surface area contributed by atoms with E-state index in [4.69, 9.17) is 9.84 Å². The molecule has 0 saturated carbocycles. The van der Waals surface area contributed by atoms with E-state index in [0.717, 1.165) is 14.2 Å². The summed E-state index contributed by atoms with van der Waals surface area (Å²) in [6, 6.07) is 23.0. The molecule has 0 fully saturated rings. The number of carboxylic acids is 1. The van der Waals surface area contributed by atoms with Crippen molar-refractivity contribution in [1.29, 1.82) is 0 Å². The van der Waals surface area contributed by atoms with Gasteiger partial charge in [-0.3, -0.25) is 0 Å². The van der Waals surface area contributed by atoms with Crippen molar-refractivity contribution in [1.82, 2.24) is 0 Å². The van der Waals surface area contributed by atoms with Crippen LogP contribution >= 0.6 is 34.4 Å². The summed E-state index contributed by atoms with van der Waals surface area (Å²) in [6.07, 6.45) is 2.27. The standard InChI is InChI=1S/C25H23IO3S/c1-17-5-3-7-19(13-17)22(20-8-4-6-18(2)14-20)11-12-30-21-9-10-24(23(26)15-21)29-16-25(27)28/h3-11,13-15H,12,16H2,1-2H3,(H,27,28). The lowest BCUT2D eigenvalue weighted by Crippen LogP contribution is -2.10. The fourth-order valence-electron chi connectivity index (χ4n) is 3.08. The SMILES string of the molecule is Cc1cccc(C(=CCSc2ccc(OCC(=O)O)c(I)c2)c2cccc(C)c2)c1. The van der Waals surface area contributed by atoms with Gasteiger partial charge in [0.1, 0.15) is 5.75 Å². The maximum Gasteiger partial charge on any atom is 0.341 e. The molecule has 0 radical (unpaired) electrons. The molecule has 0 spiro atoms. The molecule has 5 heteroatoms. The van der Waals surface area contributed by atoms with Crippen molar-refractivity contribution in [2.24, 2.45) is 0 Å². The second-order valence-electron chi connectivity index (χ2n) is 6.94. The van der Waals surface area contributed by atoms with Gasteiger partial charge in [-0.15, -0.1) is 11.8 Å². The third-order valence-electron chi connectivity index (χ3n) is 4.45. The number of rotatable bonds is 8. The second-order valence-corrected chi connectivity index (χ2v) is 9.20. The van der Waals surface area contributed by atoms with Gasteiger partial charge in [-0.05, 0) is 71.3 Å². The van der Waals surface area contributed by atoms with Crippen molar-refractivity contribution >= 4 is 45.9 Å². The van der Waals surface area contributed by atoms with Crippen LogP contribution in [0.4, 0.5) is 0 Å². The van der Waals surface area contributed by atoms with Crippen LogP contribution in [0.3, 0.4) is 0 Å². The first-order valence-electron chi connectivity index (χ1n) is 9.53. The zero-order valence-electron chi connectivity index (χ0n) is 16.9. The first-order chi connectivity index (χ1) is 14.4. The van der Waals surface area contributed by atoms with Gasteiger partial charge >= 0.3 is 5.97 Å². The zero-order valence-corrected chi connectivity index (χ0v) is 19.9. The van der Waals surface area contributed by atoms with Crippen LogP contribution in [0, 0.1) is 17.4 Å². The molecule has 0 atom stereocenters. The Morgan fingerprint density at radius 3 is 2.17 bits per heavy atom.